The Morgan fingerprint density at radius 1 is 0.724 bits per heavy atom. The molecular weight excluding hydrogens is 1030 g/mol. The molecular formula is C54H70N5O14PSSi. The summed E-state index contributed by atoms with van der Waals surface area (Å²) in [7, 11) is 0.706. The summed E-state index contributed by atoms with van der Waals surface area (Å²) in [5.41, 5.74) is -0.710. The van der Waals surface area contributed by atoms with Crippen molar-refractivity contribution < 1.29 is 46.5 Å². The molecule has 5 aromatic rings. The number of aryl methyl sites for hydroxylation is 2. The molecule has 3 aliphatic heterocycles. The molecule has 3 aromatic carbocycles. The van der Waals surface area contributed by atoms with Crippen molar-refractivity contribution in [2.24, 2.45) is 0 Å². The van der Waals surface area contributed by atoms with E-state index in [1.807, 2.05) is 78.9 Å². The summed E-state index contributed by atoms with van der Waals surface area (Å²) in [6.07, 6.45) is -0.511. The van der Waals surface area contributed by atoms with Crippen LogP contribution in [0.1, 0.15) is 93.7 Å². The van der Waals surface area contributed by atoms with E-state index in [-0.39, 0.29) is 55.2 Å². The van der Waals surface area contributed by atoms with Crippen molar-refractivity contribution in [1.82, 2.24) is 24.0 Å². The summed E-state index contributed by atoms with van der Waals surface area (Å²) in [6, 6.07) is 24.6. The SMILES string of the molecule is COc1ccc(C(OC[C@H]2O[C@@H](n3cc(C)c(=O)[nH]c3=O)C[C@@H]2O[P@@](=S)(OC[C@H]2CCCN2C(C)=O)OC[C@H]2O[C@@H](n3cc(C)c(=O)[nH]c3=O)C[C@@H]2O[Si](C)(C)C(C)(C)C)(c2ccccc2)c2ccc(OC)cc2)cc1. The molecule has 0 spiro atoms. The molecule has 8 atom stereocenters. The smallest absolute Gasteiger partial charge is 0.330 e. The molecule has 22 heteroatoms. The standard InChI is InChI=1S/C54H70N5O14PSSi/c1-34-29-58(51(63)55-49(34)61)47-27-43(45(70-47)32-67-54(37-15-12-11-13-16-37,38-18-22-41(65-7)23-19-38)39-20-24-42(66-8)25-21-39)72-74(75,68-31-40-17-14-26-57(40)36(3)60)69-33-46-44(73-76(9,10)53(4,5)6)28-48(71-46)59-30-35(2)50(62)56-52(59)64/h11-13,15-16,18-25,29-30,40,43-48H,14,17,26-28,31-33H2,1-10H3,(H,55,61,63)(H,56,62,64)/t40-,43+,44+,45-,46-,47-,48-,74-/m1/s1. The van der Waals surface area contributed by atoms with Gasteiger partial charge in [-0.15, -0.1) is 0 Å². The molecule has 3 aliphatic rings. The van der Waals surface area contributed by atoms with Crippen LogP contribution in [0.15, 0.2) is 110 Å². The van der Waals surface area contributed by atoms with E-state index >= 15 is 0 Å². The van der Waals surface area contributed by atoms with E-state index in [0.29, 0.717) is 30.0 Å². The number of carbonyl (C=O) groups excluding carboxylic acids is 1. The minimum Gasteiger partial charge on any atom is -0.497 e. The van der Waals surface area contributed by atoms with Gasteiger partial charge in [-0.3, -0.25) is 33.5 Å². The second-order valence-electron chi connectivity index (χ2n) is 21.1. The fraction of sp³-hybridized carbons (Fsp3) is 0.500. The van der Waals surface area contributed by atoms with Crippen LogP contribution in [0.25, 0.3) is 0 Å². The van der Waals surface area contributed by atoms with Crippen molar-refractivity contribution in [1.29, 1.82) is 0 Å². The lowest BCUT2D eigenvalue weighted by molar-refractivity contribution is -0.130. The van der Waals surface area contributed by atoms with E-state index in [4.69, 9.17) is 53.5 Å². The van der Waals surface area contributed by atoms with Crippen LogP contribution in [0.3, 0.4) is 0 Å². The average Bonchev–Trinajstić information content (AvgIpc) is 4.15. The number of methoxy groups -OCH3 is 2. The summed E-state index contributed by atoms with van der Waals surface area (Å²) in [4.78, 5) is 71.3. The van der Waals surface area contributed by atoms with Crippen molar-refractivity contribution in [3.8, 4) is 11.5 Å². The number of nitrogens with zero attached hydrogens (tertiary/aromatic N) is 3. The summed E-state index contributed by atoms with van der Waals surface area (Å²) in [5.74, 6) is 1.18. The van der Waals surface area contributed by atoms with Crippen LogP contribution in [-0.4, -0.2) is 109 Å². The Bertz CT molecular complexity index is 3080. The van der Waals surface area contributed by atoms with E-state index in [0.717, 1.165) is 23.1 Å². The van der Waals surface area contributed by atoms with E-state index in [1.54, 1.807) is 33.0 Å². The van der Waals surface area contributed by atoms with Crippen molar-refractivity contribution in [3.05, 3.63) is 161 Å². The van der Waals surface area contributed by atoms with Gasteiger partial charge in [-0.1, -0.05) is 75.4 Å². The second-order valence-corrected chi connectivity index (χ2v) is 28.8. The number of rotatable bonds is 20. The third-order valence-corrected chi connectivity index (χ3v) is 21.9. The maximum absolute atomic E-state index is 13.6. The van der Waals surface area contributed by atoms with Gasteiger partial charge in [0.05, 0.1) is 52.3 Å². The van der Waals surface area contributed by atoms with Crippen LogP contribution >= 0.6 is 6.72 Å². The van der Waals surface area contributed by atoms with E-state index in [2.05, 4.69) is 43.8 Å². The first kappa shape index (κ1) is 56.9. The normalized spacial score (nSPS) is 22.9. The molecule has 0 bridgehead atoms. The van der Waals surface area contributed by atoms with Gasteiger partial charge >= 0.3 is 18.1 Å². The molecule has 3 saturated heterocycles. The zero-order valence-corrected chi connectivity index (χ0v) is 47.5. The molecule has 3 fully saturated rings. The van der Waals surface area contributed by atoms with Gasteiger partial charge in [-0.05, 0) is 97.6 Å². The fourth-order valence-corrected chi connectivity index (χ4v) is 13.2. The molecule has 0 aliphatic carbocycles. The number of hydrogen-bond donors (Lipinski definition) is 2. The number of benzene rings is 3. The van der Waals surface area contributed by atoms with Crippen LogP contribution in [0.5, 0.6) is 11.5 Å². The predicted molar refractivity (Wildman–Crippen MR) is 291 cm³/mol. The molecule has 0 saturated carbocycles. The molecule has 1 amide bonds. The number of amides is 1. The lowest BCUT2D eigenvalue weighted by Gasteiger charge is -2.39. The van der Waals surface area contributed by atoms with Crippen LogP contribution < -0.4 is 32.0 Å². The lowest BCUT2D eigenvalue weighted by Crippen LogP contribution is -2.46. The topological polar surface area (TPSA) is 213 Å². The van der Waals surface area contributed by atoms with Gasteiger partial charge in [0.2, 0.25) is 5.91 Å². The molecule has 19 nitrogen and oxygen atoms in total. The van der Waals surface area contributed by atoms with Crippen LogP contribution in [0.4, 0.5) is 0 Å². The predicted octanol–water partition coefficient (Wildman–Crippen LogP) is 7.35. The number of nitrogens with one attached hydrogen (secondary N) is 2. The van der Waals surface area contributed by atoms with Gasteiger partial charge in [-0.25, -0.2) is 9.59 Å². The monoisotopic (exact) mass is 1100 g/mol. The van der Waals surface area contributed by atoms with Crippen molar-refractivity contribution in [2.45, 2.75) is 134 Å². The maximum atomic E-state index is 13.6. The maximum Gasteiger partial charge on any atom is 0.330 e. The quantitative estimate of drug-likeness (QED) is 0.0443. The Balaban J connectivity index is 1.18. The Hall–Kier alpha value is -5.32. The summed E-state index contributed by atoms with van der Waals surface area (Å²) < 4.78 is 62.1. The summed E-state index contributed by atoms with van der Waals surface area (Å²) in [6.45, 7) is 11.6. The third-order valence-electron chi connectivity index (χ3n) is 15.0. The zero-order valence-electron chi connectivity index (χ0n) is 44.8. The summed E-state index contributed by atoms with van der Waals surface area (Å²) >= 11 is 6.42. The minimum atomic E-state index is -3.95. The lowest BCUT2D eigenvalue weighted by atomic mass is 9.80. The summed E-state index contributed by atoms with van der Waals surface area (Å²) in [5, 5.41) is -0.200. The molecule has 0 unspecified atom stereocenters. The Kier molecular flexibility index (Phi) is 17.5. The first-order valence-electron chi connectivity index (χ1n) is 25.5. The molecule has 2 N–H and O–H groups in total. The number of aromatic nitrogens is 4. The molecule has 410 valence electrons. The van der Waals surface area contributed by atoms with Crippen molar-refractivity contribution in [2.75, 3.05) is 40.6 Å². The largest absolute Gasteiger partial charge is 0.497 e. The molecule has 8 rings (SSSR count). The van der Waals surface area contributed by atoms with Gasteiger partial charge in [0.1, 0.15) is 41.8 Å². The Morgan fingerprint density at radius 3 is 1.71 bits per heavy atom. The number of likely N-dealkylation sites (tertiary alicyclic amines) is 1. The van der Waals surface area contributed by atoms with Gasteiger partial charge in [0.15, 0.2) is 8.32 Å². The Morgan fingerprint density at radius 2 is 1.21 bits per heavy atom. The highest BCUT2D eigenvalue weighted by molar-refractivity contribution is 8.07. The minimum absolute atomic E-state index is 0.0102. The van der Waals surface area contributed by atoms with Gasteiger partial charge in [0, 0.05) is 49.8 Å². The van der Waals surface area contributed by atoms with Crippen molar-refractivity contribution >= 4 is 32.8 Å². The molecule has 76 heavy (non-hydrogen) atoms. The van der Waals surface area contributed by atoms with Gasteiger partial charge in [-0.2, -0.15) is 0 Å². The Labute approximate surface area is 448 Å². The first-order chi connectivity index (χ1) is 36.0. The van der Waals surface area contributed by atoms with Crippen LogP contribution in [0.2, 0.25) is 18.1 Å². The number of carbonyl (C=O) groups is 1. The van der Waals surface area contributed by atoms with Crippen LogP contribution in [0, 0.1) is 13.8 Å². The van der Waals surface area contributed by atoms with Crippen molar-refractivity contribution in [3.63, 3.8) is 0 Å². The highest BCUT2D eigenvalue weighted by Crippen LogP contribution is 2.55. The fourth-order valence-electron chi connectivity index (χ4n) is 9.74. The number of hydrogen-bond acceptors (Lipinski definition) is 15. The van der Waals surface area contributed by atoms with Crippen LogP contribution in [-0.2, 0) is 54.4 Å². The highest BCUT2D eigenvalue weighted by Gasteiger charge is 2.49. The highest BCUT2D eigenvalue weighted by atomic mass is 32.5. The zero-order chi connectivity index (χ0) is 54.7. The first-order valence-corrected chi connectivity index (χ1v) is 31.0. The third kappa shape index (κ3) is 12.3. The number of aromatic amines is 2. The van der Waals surface area contributed by atoms with Gasteiger partial charge in [0.25, 0.3) is 11.1 Å². The number of ether oxygens (including phenoxy) is 5. The van der Waals surface area contributed by atoms with E-state index < -0.39 is 80.0 Å². The second kappa shape index (κ2) is 23.3. The van der Waals surface area contributed by atoms with Gasteiger partial charge < -0.3 is 46.6 Å². The number of H-pyrrole nitrogens is 2. The molecule has 0 radical (unpaired) electrons. The average molecular weight is 1100 g/mol. The van der Waals surface area contributed by atoms with E-state index in [9.17, 15) is 24.0 Å². The molecule has 2 aromatic heterocycles. The van der Waals surface area contributed by atoms with E-state index in [1.165, 1.54) is 28.5 Å². The molecule has 5 heterocycles.